The molecule has 0 bridgehead atoms. The molecule has 4 nitrogen and oxygen atoms in total. The van der Waals surface area contributed by atoms with Gasteiger partial charge in [-0.05, 0) is 36.4 Å². The Morgan fingerprint density at radius 2 is 1.70 bits per heavy atom. The molecule has 1 aromatic heterocycles. The quantitative estimate of drug-likeness (QED) is 0.486. The van der Waals surface area contributed by atoms with Gasteiger partial charge in [-0.1, -0.05) is 48.0 Å². The number of halogens is 1. The minimum Gasteiger partial charge on any atom is -0.464 e. The van der Waals surface area contributed by atoms with Crippen molar-refractivity contribution in [3.63, 3.8) is 0 Å². The van der Waals surface area contributed by atoms with E-state index >= 15 is 0 Å². The molecular formula is C21H16ClNO3S. The van der Waals surface area contributed by atoms with Crippen molar-refractivity contribution < 1.29 is 14.3 Å². The van der Waals surface area contributed by atoms with Gasteiger partial charge < -0.3 is 10.1 Å². The van der Waals surface area contributed by atoms with Crippen LogP contribution in [-0.4, -0.2) is 19.0 Å². The summed E-state index contributed by atoms with van der Waals surface area (Å²) in [6.45, 7) is 0. The van der Waals surface area contributed by atoms with Crippen LogP contribution >= 0.6 is 22.9 Å². The predicted octanol–water partition coefficient (Wildman–Crippen LogP) is 5.01. The highest BCUT2D eigenvalue weighted by molar-refractivity contribution is 7.16. The molecule has 1 N–H and O–H groups in total. The molecule has 0 aliphatic carbocycles. The van der Waals surface area contributed by atoms with Crippen LogP contribution in [-0.2, 0) is 9.53 Å². The summed E-state index contributed by atoms with van der Waals surface area (Å²) in [5.74, 6) is -0.998. The number of hydrogen-bond donors (Lipinski definition) is 1. The first-order valence-electron chi connectivity index (χ1n) is 8.09. The van der Waals surface area contributed by atoms with E-state index in [0.29, 0.717) is 10.6 Å². The fourth-order valence-electron chi connectivity index (χ4n) is 2.42. The molecule has 0 unspecified atom stereocenters. The molecule has 0 spiro atoms. The number of methoxy groups -OCH3 is 1. The number of thiophene rings is 1. The molecule has 136 valence electrons. The smallest absolute Gasteiger partial charge is 0.354 e. The number of esters is 1. The molecule has 3 rings (SSSR count). The molecule has 0 atom stereocenters. The second-order valence-corrected chi connectivity index (χ2v) is 7.07. The summed E-state index contributed by atoms with van der Waals surface area (Å²) in [4.78, 5) is 26.2. The molecule has 0 saturated heterocycles. The Hall–Kier alpha value is -2.89. The van der Waals surface area contributed by atoms with Crippen LogP contribution in [0.4, 0.5) is 0 Å². The topological polar surface area (TPSA) is 55.4 Å². The van der Waals surface area contributed by atoms with E-state index in [1.807, 2.05) is 42.5 Å². The van der Waals surface area contributed by atoms with Gasteiger partial charge in [0.1, 0.15) is 5.70 Å². The number of ether oxygens (including phenoxy) is 1. The molecule has 27 heavy (non-hydrogen) atoms. The molecule has 0 aliphatic rings. The SMILES string of the molecule is COC(=O)C(=Cc1ccc(-c2ccccc2Cl)s1)NC(=O)c1ccccc1. The lowest BCUT2D eigenvalue weighted by Gasteiger charge is -2.07. The first-order valence-corrected chi connectivity index (χ1v) is 9.29. The van der Waals surface area contributed by atoms with E-state index in [1.54, 1.807) is 30.3 Å². The molecule has 3 aromatic rings. The van der Waals surface area contributed by atoms with Crippen molar-refractivity contribution in [2.75, 3.05) is 7.11 Å². The van der Waals surface area contributed by atoms with Crippen molar-refractivity contribution >= 4 is 40.9 Å². The maximum Gasteiger partial charge on any atom is 0.354 e. The van der Waals surface area contributed by atoms with Gasteiger partial charge in [0.05, 0.1) is 7.11 Å². The zero-order valence-electron chi connectivity index (χ0n) is 14.4. The summed E-state index contributed by atoms with van der Waals surface area (Å²) < 4.78 is 4.79. The van der Waals surface area contributed by atoms with Gasteiger partial charge in [-0.25, -0.2) is 4.79 Å². The van der Waals surface area contributed by atoms with Crippen LogP contribution in [0.25, 0.3) is 16.5 Å². The van der Waals surface area contributed by atoms with E-state index in [-0.39, 0.29) is 11.6 Å². The normalized spacial score (nSPS) is 11.1. The zero-order chi connectivity index (χ0) is 19.2. The van der Waals surface area contributed by atoms with Crippen LogP contribution in [0.3, 0.4) is 0 Å². The van der Waals surface area contributed by atoms with Crippen molar-refractivity contribution in [2.24, 2.45) is 0 Å². The van der Waals surface area contributed by atoms with Gasteiger partial charge in [0.2, 0.25) is 0 Å². The fraction of sp³-hybridized carbons (Fsp3) is 0.0476. The lowest BCUT2D eigenvalue weighted by atomic mass is 10.2. The van der Waals surface area contributed by atoms with Gasteiger partial charge >= 0.3 is 5.97 Å². The van der Waals surface area contributed by atoms with Crippen molar-refractivity contribution in [3.8, 4) is 10.4 Å². The molecule has 2 aromatic carbocycles. The Morgan fingerprint density at radius 1 is 1.00 bits per heavy atom. The highest BCUT2D eigenvalue weighted by Gasteiger charge is 2.15. The minimum absolute atomic E-state index is 0.0684. The number of hydrogen-bond acceptors (Lipinski definition) is 4. The van der Waals surface area contributed by atoms with Gasteiger partial charge in [-0.15, -0.1) is 11.3 Å². The number of carbonyl (C=O) groups excluding carboxylic acids is 2. The van der Waals surface area contributed by atoms with E-state index in [4.69, 9.17) is 16.3 Å². The van der Waals surface area contributed by atoms with Crippen LogP contribution in [0.15, 0.2) is 72.4 Å². The van der Waals surface area contributed by atoms with E-state index < -0.39 is 5.97 Å². The first-order chi connectivity index (χ1) is 13.1. The van der Waals surface area contributed by atoms with Crippen LogP contribution < -0.4 is 5.32 Å². The highest BCUT2D eigenvalue weighted by Crippen LogP contribution is 2.33. The summed E-state index contributed by atoms with van der Waals surface area (Å²) >= 11 is 7.70. The second kappa shape index (κ2) is 8.66. The molecule has 1 amide bonds. The van der Waals surface area contributed by atoms with Crippen molar-refractivity contribution in [3.05, 3.63) is 87.9 Å². The Labute approximate surface area is 166 Å². The Balaban J connectivity index is 1.88. The number of rotatable bonds is 5. The average molecular weight is 398 g/mol. The van der Waals surface area contributed by atoms with Gasteiger partial charge in [0.15, 0.2) is 0 Å². The molecule has 0 fully saturated rings. The van der Waals surface area contributed by atoms with Crippen LogP contribution in [0.5, 0.6) is 0 Å². The van der Waals surface area contributed by atoms with Crippen molar-refractivity contribution in [2.45, 2.75) is 0 Å². The lowest BCUT2D eigenvalue weighted by molar-refractivity contribution is -0.136. The largest absolute Gasteiger partial charge is 0.464 e. The first kappa shape index (κ1) is 18.9. The molecule has 0 saturated carbocycles. The predicted molar refractivity (Wildman–Crippen MR) is 109 cm³/mol. The minimum atomic E-state index is -0.619. The molecule has 6 heteroatoms. The van der Waals surface area contributed by atoms with Gasteiger partial charge in [0.25, 0.3) is 5.91 Å². The third-order valence-electron chi connectivity index (χ3n) is 3.74. The summed E-state index contributed by atoms with van der Waals surface area (Å²) in [6, 6.07) is 20.0. The lowest BCUT2D eigenvalue weighted by Crippen LogP contribution is -2.27. The number of nitrogens with one attached hydrogen (secondary N) is 1. The average Bonchev–Trinajstić information content (AvgIpc) is 3.16. The Bertz CT molecular complexity index is 995. The monoisotopic (exact) mass is 397 g/mol. The van der Waals surface area contributed by atoms with E-state index in [9.17, 15) is 9.59 Å². The number of benzene rings is 2. The van der Waals surface area contributed by atoms with Crippen molar-refractivity contribution in [1.82, 2.24) is 5.32 Å². The third-order valence-corrected chi connectivity index (χ3v) is 5.14. The standard InChI is InChI=1S/C21H16ClNO3S/c1-26-21(25)18(23-20(24)14-7-3-2-4-8-14)13-15-11-12-19(27-15)16-9-5-6-10-17(16)22/h2-13H,1H3,(H,23,24). The zero-order valence-corrected chi connectivity index (χ0v) is 16.0. The highest BCUT2D eigenvalue weighted by atomic mass is 35.5. The van der Waals surface area contributed by atoms with E-state index in [1.165, 1.54) is 18.4 Å². The number of carbonyl (C=O) groups is 2. The van der Waals surface area contributed by atoms with Crippen molar-refractivity contribution in [1.29, 1.82) is 0 Å². The van der Waals surface area contributed by atoms with Crippen LogP contribution in [0.2, 0.25) is 5.02 Å². The molecule has 0 aliphatic heterocycles. The second-order valence-electron chi connectivity index (χ2n) is 5.55. The molecule has 0 radical (unpaired) electrons. The van der Waals surface area contributed by atoms with Gasteiger partial charge in [0, 0.05) is 25.9 Å². The summed E-state index contributed by atoms with van der Waals surface area (Å²) in [7, 11) is 1.27. The summed E-state index contributed by atoms with van der Waals surface area (Å²) in [6.07, 6.45) is 1.59. The Morgan fingerprint density at radius 3 is 2.41 bits per heavy atom. The van der Waals surface area contributed by atoms with E-state index in [0.717, 1.165) is 15.3 Å². The van der Waals surface area contributed by atoms with E-state index in [2.05, 4.69) is 5.32 Å². The molecule has 1 heterocycles. The maximum atomic E-state index is 12.4. The fourth-order valence-corrected chi connectivity index (χ4v) is 3.70. The van der Waals surface area contributed by atoms with Crippen LogP contribution in [0.1, 0.15) is 15.2 Å². The van der Waals surface area contributed by atoms with Gasteiger partial charge in [-0.3, -0.25) is 4.79 Å². The summed E-state index contributed by atoms with van der Waals surface area (Å²) in [5, 5.41) is 3.27. The summed E-state index contributed by atoms with van der Waals surface area (Å²) in [5.41, 5.74) is 1.44. The molecular weight excluding hydrogens is 382 g/mol. The van der Waals surface area contributed by atoms with Crippen LogP contribution in [0, 0.1) is 0 Å². The third kappa shape index (κ3) is 4.64. The van der Waals surface area contributed by atoms with Gasteiger partial charge in [-0.2, -0.15) is 0 Å². The number of amides is 1. The maximum absolute atomic E-state index is 12.4. The Kier molecular flexibility index (Phi) is 6.06.